The fraction of sp³-hybridized carbons (Fsp3) is 0.353. The molecular formula is C17H18N4O4. The molecule has 0 fully saturated rings. The number of nitrogens with zero attached hydrogens (tertiary/aromatic N) is 3. The first kappa shape index (κ1) is 16.8. The third kappa shape index (κ3) is 3.42. The number of ether oxygens (including phenoxy) is 1. The molecule has 1 N–H and O–H groups in total. The van der Waals surface area contributed by atoms with E-state index in [1.54, 1.807) is 20.8 Å². The van der Waals surface area contributed by atoms with E-state index in [-0.39, 0.29) is 6.61 Å². The van der Waals surface area contributed by atoms with Crippen LogP contribution in [0.5, 0.6) is 0 Å². The van der Waals surface area contributed by atoms with Crippen LogP contribution in [0.3, 0.4) is 0 Å². The number of carbonyl (C=O) groups is 2. The Morgan fingerprint density at radius 1 is 1.36 bits per heavy atom. The number of benzene rings is 1. The lowest BCUT2D eigenvalue weighted by Crippen LogP contribution is -2.44. The Hall–Kier alpha value is -3.03. The molecule has 2 atom stereocenters. The van der Waals surface area contributed by atoms with Gasteiger partial charge in [-0.05, 0) is 25.5 Å². The van der Waals surface area contributed by atoms with Crippen molar-refractivity contribution in [2.24, 2.45) is 10.9 Å². The van der Waals surface area contributed by atoms with Gasteiger partial charge in [0.2, 0.25) is 11.7 Å². The third-order valence-corrected chi connectivity index (χ3v) is 3.91. The lowest BCUT2D eigenvalue weighted by molar-refractivity contribution is -0.146. The van der Waals surface area contributed by atoms with Crippen LogP contribution >= 0.6 is 0 Å². The van der Waals surface area contributed by atoms with E-state index >= 15 is 0 Å². The van der Waals surface area contributed by atoms with E-state index in [0.717, 1.165) is 11.1 Å². The largest absolute Gasteiger partial charge is 0.465 e. The Labute approximate surface area is 144 Å². The second-order valence-electron chi connectivity index (χ2n) is 5.67. The van der Waals surface area contributed by atoms with Crippen LogP contribution in [0.2, 0.25) is 0 Å². The molecule has 0 bridgehead atoms. The van der Waals surface area contributed by atoms with Crippen molar-refractivity contribution < 1.29 is 18.8 Å². The highest BCUT2D eigenvalue weighted by Crippen LogP contribution is 2.30. The van der Waals surface area contributed by atoms with Gasteiger partial charge < -0.3 is 14.6 Å². The minimum Gasteiger partial charge on any atom is -0.465 e. The second-order valence-corrected chi connectivity index (χ2v) is 5.67. The Balaban J connectivity index is 1.99. The van der Waals surface area contributed by atoms with Crippen LogP contribution in [-0.4, -0.2) is 34.5 Å². The number of esters is 1. The summed E-state index contributed by atoms with van der Waals surface area (Å²) in [4.78, 5) is 32.3. The molecule has 0 saturated heterocycles. The van der Waals surface area contributed by atoms with Crippen molar-refractivity contribution in [2.75, 3.05) is 6.61 Å². The maximum atomic E-state index is 12.4. The highest BCUT2D eigenvalue weighted by atomic mass is 16.5. The molecule has 1 aromatic heterocycles. The van der Waals surface area contributed by atoms with Gasteiger partial charge in [-0.3, -0.25) is 4.79 Å². The highest BCUT2D eigenvalue weighted by Gasteiger charge is 2.38. The highest BCUT2D eigenvalue weighted by molar-refractivity contribution is 6.08. The van der Waals surface area contributed by atoms with Crippen LogP contribution in [0.4, 0.5) is 4.79 Å². The summed E-state index contributed by atoms with van der Waals surface area (Å²) in [5.74, 6) is -0.201. The number of hydrogen-bond donors (Lipinski definition) is 1. The lowest BCUT2D eigenvalue weighted by atomic mass is 9.87. The van der Waals surface area contributed by atoms with E-state index < -0.39 is 24.0 Å². The predicted octanol–water partition coefficient (Wildman–Crippen LogP) is 2.45. The average molecular weight is 342 g/mol. The van der Waals surface area contributed by atoms with Gasteiger partial charge >= 0.3 is 12.0 Å². The standard InChI is InChI=1S/C17H18N4O4/c1-4-24-16(22)13-9(2)18-17(23)20-14(13)11-6-5-7-12(8-11)15-19-10(3)25-21-15/h5-8,13-14H,4H2,1-3H3,(H,20,23). The molecule has 8 heteroatoms. The molecule has 0 radical (unpaired) electrons. The SMILES string of the molecule is CCOC(=O)C1C(C)=NC(=O)NC1c1cccc(-c2noc(C)n2)c1. The van der Waals surface area contributed by atoms with Gasteiger partial charge in [0, 0.05) is 18.2 Å². The summed E-state index contributed by atoms with van der Waals surface area (Å²) in [7, 11) is 0. The molecule has 3 rings (SSSR count). The molecule has 1 aliphatic heterocycles. The summed E-state index contributed by atoms with van der Waals surface area (Å²) in [6.45, 7) is 5.35. The summed E-state index contributed by atoms with van der Waals surface area (Å²) in [5.41, 5.74) is 1.89. The molecule has 0 aliphatic carbocycles. The Morgan fingerprint density at radius 3 is 2.84 bits per heavy atom. The maximum absolute atomic E-state index is 12.4. The smallest absolute Gasteiger partial charge is 0.341 e. The van der Waals surface area contributed by atoms with Crippen LogP contribution in [0.25, 0.3) is 11.4 Å². The molecule has 8 nitrogen and oxygen atoms in total. The average Bonchev–Trinajstić information content (AvgIpc) is 3.01. The molecule has 2 unspecified atom stereocenters. The summed E-state index contributed by atoms with van der Waals surface area (Å²) in [6.07, 6.45) is 0. The summed E-state index contributed by atoms with van der Waals surface area (Å²) in [6, 6.07) is 6.23. The number of rotatable bonds is 4. The van der Waals surface area contributed by atoms with Gasteiger partial charge in [0.1, 0.15) is 5.92 Å². The van der Waals surface area contributed by atoms with Gasteiger partial charge in [-0.15, -0.1) is 0 Å². The topological polar surface area (TPSA) is 107 Å². The van der Waals surface area contributed by atoms with Crippen LogP contribution in [0.1, 0.15) is 31.3 Å². The number of amides is 2. The van der Waals surface area contributed by atoms with Crippen molar-refractivity contribution in [1.29, 1.82) is 0 Å². The third-order valence-electron chi connectivity index (χ3n) is 3.91. The monoisotopic (exact) mass is 342 g/mol. The minimum absolute atomic E-state index is 0.255. The number of hydrogen-bond acceptors (Lipinski definition) is 6. The number of aryl methyl sites for hydroxylation is 1. The van der Waals surface area contributed by atoms with Gasteiger partial charge in [-0.25, -0.2) is 9.79 Å². The van der Waals surface area contributed by atoms with Gasteiger partial charge in [0.25, 0.3) is 0 Å². The van der Waals surface area contributed by atoms with Crippen LogP contribution in [-0.2, 0) is 9.53 Å². The van der Waals surface area contributed by atoms with Gasteiger partial charge in [0.05, 0.1) is 12.6 Å². The van der Waals surface area contributed by atoms with E-state index in [0.29, 0.717) is 17.4 Å². The molecule has 2 heterocycles. The summed E-state index contributed by atoms with van der Waals surface area (Å²) >= 11 is 0. The molecule has 25 heavy (non-hydrogen) atoms. The van der Waals surface area contributed by atoms with Crippen LogP contribution in [0, 0.1) is 12.8 Å². The Morgan fingerprint density at radius 2 is 2.16 bits per heavy atom. The van der Waals surface area contributed by atoms with Crippen molar-refractivity contribution in [3.63, 3.8) is 0 Å². The van der Waals surface area contributed by atoms with Crippen molar-refractivity contribution in [1.82, 2.24) is 15.5 Å². The number of aliphatic imine (C=N–C) groups is 1. The molecule has 1 aliphatic rings. The fourth-order valence-electron chi connectivity index (χ4n) is 2.82. The maximum Gasteiger partial charge on any atom is 0.341 e. The zero-order chi connectivity index (χ0) is 18.0. The summed E-state index contributed by atoms with van der Waals surface area (Å²) < 4.78 is 10.2. The molecule has 2 aromatic rings. The van der Waals surface area contributed by atoms with Crippen LogP contribution in [0.15, 0.2) is 33.8 Å². The summed E-state index contributed by atoms with van der Waals surface area (Å²) in [5, 5.41) is 6.64. The lowest BCUT2D eigenvalue weighted by Gasteiger charge is -2.29. The quantitative estimate of drug-likeness (QED) is 0.855. The van der Waals surface area contributed by atoms with Gasteiger partial charge in [-0.2, -0.15) is 4.98 Å². The normalized spacial score (nSPS) is 20.0. The molecule has 130 valence electrons. The van der Waals surface area contributed by atoms with E-state index in [1.807, 2.05) is 24.3 Å². The number of nitrogens with one attached hydrogen (secondary N) is 1. The predicted molar refractivity (Wildman–Crippen MR) is 89.0 cm³/mol. The van der Waals surface area contributed by atoms with Crippen molar-refractivity contribution >= 4 is 17.7 Å². The number of urea groups is 1. The second kappa shape index (κ2) is 6.84. The van der Waals surface area contributed by atoms with E-state index in [9.17, 15) is 9.59 Å². The van der Waals surface area contributed by atoms with Crippen LogP contribution < -0.4 is 5.32 Å². The van der Waals surface area contributed by atoms with Gasteiger partial charge in [-0.1, -0.05) is 23.4 Å². The first-order valence-corrected chi connectivity index (χ1v) is 7.92. The van der Waals surface area contributed by atoms with Crippen molar-refractivity contribution in [3.05, 3.63) is 35.7 Å². The Bertz CT molecular complexity index is 843. The zero-order valence-electron chi connectivity index (χ0n) is 14.1. The molecular weight excluding hydrogens is 324 g/mol. The molecule has 0 saturated carbocycles. The fourth-order valence-corrected chi connectivity index (χ4v) is 2.82. The molecule has 2 amide bonds. The number of aromatic nitrogens is 2. The van der Waals surface area contributed by atoms with E-state index in [1.165, 1.54) is 0 Å². The van der Waals surface area contributed by atoms with E-state index in [2.05, 4.69) is 20.4 Å². The molecule has 1 aromatic carbocycles. The van der Waals surface area contributed by atoms with Gasteiger partial charge in [0.15, 0.2) is 0 Å². The molecule has 0 spiro atoms. The van der Waals surface area contributed by atoms with E-state index in [4.69, 9.17) is 9.26 Å². The number of carbonyl (C=O) groups excluding carboxylic acids is 2. The first-order valence-electron chi connectivity index (χ1n) is 7.92. The van der Waals surface area contributed by atoms with Crippen molar-refractivity contribution in [3.8, 4) is 11.4 Å². The zero-order valence-corrected chi connectivity index (χ0v) is 14.1. The first-order chi connectivity index (χ1) is 12.0. The van der Waals surface area contributed by atoms with Crippen molar-refractivity contribution in [2.45, 2.75) is 26.8 Å². The minimum atomic E-state index is -0.681. The Kier molecular flexibility index (Phi) is 4.60.